The summed E-state index contributed by atoms with van der Waals surface area (Å²) in [7, 11) is 3.08. The van der Waals surface area contributed by atoms with Gasteiger partial charge in [0.15, 0.2) is 0 Å². The molecule has 0 aliphatic rings. The first-order valence-electron chi connectivity index (χ1n) is 5.12. The Morgan fingerprint density at radius 3 is 2.41 bits per heavy atom. The summed E-state index contributed by atoms with van der Waals surface area (Å²) in [5, 5.41) is 7.71. The van der Waals surface area contributed by atoms with Crippen LogP contribution in [-0.4, -0.2) is 48.6 Å². The minimum absolute atomic E-state index is 0.0773. The van der Waals surface area contributed by atoms with E-state index < -0.39 is 0 Å². The molecular formula is C12H15N3O2. The number of rotatable bonds is 4. The molecule has 1 rings (SSSR count). The standard InChI is InChI=1S/C12H15N3O2/c1-14(9-16)8-11(13)15(2)12(17)10-6-4-3-5-7-10/h3-7,9,13H,8H2,1-2H3. The topological polar surface area (TPSA) is 64.5 Å². The van der Waals surface area contributed by atoms with Gasteiger partial charge in [-0.1, -0.05) is 18.2 Å². The molecule has 0 fully saturated rings. The van der Waals surface area contributed by atoms with Gasteiger partial charge in [0.05, 0.1) is 6.54 Å². The Morgan fingerprint density at radius 1 is 1.29 bits per heavy atom. The average Bonchev–Trinajstić information content (AvgIpc) is 2.37. The minimum Gasteiger partial charge on any atom is -0.341 e. The van der Waals surface area contributed by atoms with Crippen LogP contribution in [0.3, 0.4) is 0 Å². The van der Waals surface area contributed by atoms with Crippen LogP contribution in [-0.2, 0) is 4.79 Å². The van der Waals surface area contributed by atoms with Gasteiger partial charge < -0.3 is 4.90 Å². The van der Waals surface area contributed by atoms with Crippen LogP contribution in [0.5, 0.6) is 0 Å². The molecule has 0 heterocycles. The Morgan fingerprint density at radius 2 is 1.88 bits per heavy atom. The monoisotopic (exact) mass is 233 g/mol. The highest BCUT2D eigenvalue weighted by atomic mass is 16.2. The van der Waals surface area contributed by atoms with Crippen LogP contribution in [0, 0.1) is 5.41 Å². The summed E-state index contributed by atoms with van der Waals surface area (Å²) in [6.45, 7) is 0.110. The normalized spacial score (nSPS) is 9.53. The fourth-order valence-corrected chi connectivity index (χ4v) is 1.28. The third kappa shape index (κ3) is 3.41. The van der Waals surface area contributed by atoms with E-state index in [0.29, 0.717) is 12.0 Å². The minimum atomic E-state index is -0.255. The molecule has 90 valence electrons. The molecular weight excluding hydrogens is 218 g/mol. The number of hydrogen-bond donors (Lipinski definition) is 1. The van der Waals surface area contributed by atoms with Gasteiger partial charge in [-0.15, -0.1) is 0 Å². The van der Waals surface area contributed by atoms with Crippen LogP contribution in [0.15, 0.2) is 30.3 Å². The second-order valence-corrected chi connectivity index (χ2v) is 3.70. The van der Waals surface area contributed by atoms with E-state index in [1.807, 2.05) is 6.07 Å². The van der Waals surface area contributed by atoms with Gasteiger partial charge in [-0.3, -0.25) is 19.9 Å². The highest BCUT2D eigenvalue weighted by Gasteiger charge is 2.15. The maximum Gasteiger partial charge on any atom is 0.258 e. The Hall–Kier alpha value is -2.17. The smallest absolute Gasteiger partial charge is 0.258 e. The van der Waals surface area contributed by atoms with Crippen molar-refractivity contribution in [2.45, 2.75) is 0 Å². The molecule has 0 aromatic heterocycles. The zero-order chi connectivity index (χ0) is 12.8. The number of hydrogen-bond acceptors (Lipinski definition) is 3. The van der Waals surface area contributed by atoms with Crippen LogP contribution in [0.2, 0.25) is 0 Å². The molecule has 1 aromatic carbocycles. The van der Waals surface area contributed by atoms with Crippen molar-refractivity contribution in [1.82, 2.24) is 9.80 Å². The Balaban J connectivity index is 2.70. The number of carbonyl (C=O) groups is 2. The van der Waals surface area contributed by atoms with Gasteiger partial charge in [-0.05, 0) is 12.1 Å². The first kappa shape index (κ1) is 12.9. The summed E-state index contributed by atoms with van der Waals surface area (Å²) >= 11 is 0. The number of amidine groups is 1. The van der Waals surface area contributed by atoms with E-state index in [1.165, 1.54) is 16.8 Å². The predicted molar refractivity (Wildman–Crippen MR) is 65.0 cm³/mol. The number of benzene rings is 1. The molecule has 0 aliphatic heterocycles. The lowest BCUT2D eigenvalue weighted by Gasteiger charge is -2.20. The Bertz CT molecular complexity index is 417. The van der Waals surface area contributed by atoms with Gasteiger partial charge in [0, 0.05) is 19.7 Å². The molecule has 1 aromatic rings. The van der Waals surface area contributed by atoms with Gasteiger partial charge in [-0.25, -0.2) is 0 Å². The van der Waals surface area contributed by atoms with E-state index >= 15 is 0 Å². The van der Waals surface area contributed by atoms with Crippen LogP contribution in [0.25, 0.3) is 0 Å². The molecule has 0 unspecified atom stereocenters. The van der Waals surface area contributed by atoms with E-state index in [0.717, 1.165) is 0 Å². The predicted octanol–water partition coefficient (Wildman–Crippen LogP) is 0.824. The lowest BCUT2D eigenvalue weighted by Crippen LogP contribution is -2.39. The Labute approximate surface area is 100 Å². The fourth-order valence-electron chi connectivity index (χ4n) is 1.28. The second-order valence-electron chi connectivity index (χ2n) is 3.70. The molecule has 0 atom stereocenters. The van der Waals surface area contributed by atoms with E-state index in [2.05, 4.69) is 0 Å². The molecule has 0 saturated heterocycles. The van der Waals surface area contributed by atoms with Crippen molar-refractivity contribution in [2.75, 3.05) is 20.6 Å². The van der Waals surface area contributed by atoms with Crippen LogP contribution in [0.1, 0.15) is 10.4 Å². The van der Waals surface area contributed by atoms with E-state index in [4.69, 9.17) is 5.41 Å². The molecule has 5 heteroatoms. The molecule has 0 aliphatic carbocycles. The summed E-state index contributed by atoms with van der Waals surface area (Å²) in [5.41, 5.74) is 0.522. The maximum atomic E-state index is 11.9. The van der Waals surface area contributed by atoms with Crippen LogP contribution < -0.4 is 0 Å². The van der Waals surface area contributed by atoms with Crippen LogP contribution >= 0.6 is 0 Å². The quantitative estimate of drug-likeness (QED) is 0.475. The van der Waals surface area contributed by atoms with Crippen molar-refractivity contribution < 1.29 is 9.59 Å². The summed E-state index contributed by atoms with van der Waals surface area (Å²) in [5.74, 6) is -0.177. The summed E-state index contributed by atoms with van der Waals surface area (Å²) in [6.07, 6.45) is 0.620. The second kappa shape index (κ2) is 5.79. The number of likely N-dealkylation sites (N-methyl/N-ethyl adjacent to an activating group) is 2. The number of amides is 2. The molecule has 0 radical (unpaired) electrons. The molecule has 0 saturated carbocycles. The highest BCUT2D eigenvalue weighted by molar-refractivity contribution is 6.05. The molecule has 1 N–H and O–H groups in total. The number of nitrogens with one attached hydrogen (secondary N) is 1. The fraction of sp³-hybridized carbons (Fsp3) is 0.250. The molecule has 5 nitrogen and oxygen atoms in total. The van der Waals surface area contributed by atoms with Crippen molar-refractivity contribution in [2.24, 2.45) is 0 Å². The number of nitrogens with zero attached hydrogens (tertiary/aromatic N) is 2. The zero-order valence-corrected chi connectivity index (χ0v) is 9.88. The number of carbonyl (C=O) groups excluding carboxylic acids is 2. The molecule has 0 bridgehead atoms. The third-order valence-corrected chi connectivity index (χ3v) is 2.31. The van der Waals surface area contributed by atoms with Gasteiger partial charge in [0.1, 0.15) is 5.84 Å². The van der Waals surface area contributed by atoms with Crippen LogP contribution in [0.4, 0.5) is 0 Å². The summed E-state index contributed by atoms with van der Waals surface area (Å²) in [4.78, 5) is 24.9. The maximum absolute atomic E-state index is 11.9. The van der Waals surface area contributed by atoms with Crippen molar-refractivity contribution in [3.8, 4) is 0 Å². The van der Waals surface area contributed by atoms with E-state index in [9.17, 15) is 9.59 Å². The first-order chi connectivity index (χ1) is 8.06. The van der Waals surface area contributed by atoms with Gasteiger partial charge in [0.2, 0.25) is 6.41 Å². The lowest BCUT2D eigenvalue weighted by atomic mass is 10.2. The lowest BCUT2D eigenvalue weighted by molar-refractivity contribution is -0.116. The third-order valence-electron chi connectivity index (χ3n) is 2.31. The largest absolute Gasteiger partial charge is 0.341 e. The van der Waals surface area contributed by atoms with E-state index in [-0.39, 0.29) is 18.3 Å². The molecule has 0 spiro atoms. The summed E-state index contributed by atoms with van der Waals surface area (Å²) < 4.78 is 0. The SMILES string of the molecule is CN(C=O)CC(=N)N(C)C(=O)c1ccccc1. The van der Waals surface area contributed by atoms with Crippen molar-refractivity contribution in [1.29, 1.82) is 5.41 Å². The molecule has 2 amide bonds. The first-order valence-corrected chi connectivity index (χ1v) is 5.12. The average molecular weight is 233 g/mol. The zero-order valence-electron chi connectivity index (χ0n) is 9.88. The Kier molecular flexibility index (Phi) is 4.39. The van der Waals surface area contributed by atoms with Crippen molar-refractivity contribution in [3.63, 3.8) is 0 Å². The van der Waals surface area contributed by atoms with Gasteiger partial charge in [0.25, 0.3) is 5.91 Å². The molecule has 17 heavy (non-hydrogen) atoms. The van der Waals surface area contributed by atoms with Crippen molar-refractivity contribution >= 4 is 18.2 Å². The van der Waals surface area contributed by atoms with Crippen molar-refractivity contribution in [3.05, 3.63) is 35.9 Å². The summed E-state index contributed by atoms with van der Waals surface area (Å²) in [6, 6.07) is 8.73. The highest BCUT2D eigenvalue weighted by Crippen LogP contribution is 2.03. The van der Waals surface area contributed by atoms with Gasteiger partial charge >= 0.3 is 0 Å². The van der Waals surface area contributed by atoms with Gasteiger partial charge in [-0.2, -0.15) is 0 Å². The van der Waals surface area contributed by atoms with E-state index in [1.54, 1.807) is 31.3 Å².